The van der Waals surface area contributed by atoms with Gasteiger partial charge < -0.3 is 20.1 Å². The minimum absolute atomic E-state index is 0.0570. The molecule has 2 aliphatic heterocycles. The number of nitro groups is 1. The van der Waals surface area contributed by atoms with Crippen molar-refractivity contribution >= 4 is 11.4 Å². The van der Waals surface area contributed by atoms with Crippen molar-refractivity contribution in [3.05, 3.63) is 22.2 Å². The summed E-state index contributed by atoms with van der Waals surface area (Å²) in [5.41, 5.74) is 6.61. The van der Waals surface area contributed by atoms with Crippen LogP contribution in [0.5, 0.6) is 11.5 Å². The molecule has 1 aromatic rings. The largest absolute Gasteiger partial charge is 0.486 e. The molecule has 0 aromatic heterocycles. The lowest BCUT2D eigenvalue weighted by Gasteiger charge is -2.38. The van der Waals surface area contributed by atoms with Crippen LogP contribution in [0.3, 0.4) is 0 Å². The number of ether oxygens (including phenoxy) is 2. The number of anilines is 1. The SMILES string of the molecule is CC1CC(N)CCN1c1cc2c(cc1[N+](=O)[O-])OCCO2. The molecule has 0 amide bonds. The molecule has 2 heterocycles. The third kappa shape index (κ3) is 2.61. The van der Waals surface area contributed by atoms with Crippen molar-refractivity contribution in [2.45, 2.75) is 31.8 Å². The van der Waals surface area contributed by atoms with Gasteiger partial charge in [0.25, 0.3) is 5.69 Å². The number of piperidine rings is 1. The van der Waals surface area contributed by atoms with Gasteiger partial charge in [-0.15, -0.1) is 0 Å². The Balaban J connectivity index is 2.01. The normalized spacial score (nSPS) is 24.8. The molecule has 2 N–H and O–H groups in total. The van der Waals surface area contributed by atoms with Crippen LogP contribution in [-0.2, 0) is 0 Å². The number of hydrogen-bond donors (Lipinski definition) is 1. The first-order valence-corrected chi connectivity index (χ1v) is 7.16. The number of hydrogen-bond acceptors (Lipinski definition) is 6. The van der Waals surface area contributed by atoms with Gasteiger partial charge in [-0.2, -0.15) is 0 Å². The summed E-state index contributed by atoms with van der Waals surface area (Å²) in [5, 5.41) is 11.4. The minimum atomic E-state index is -0.366. The second-order valence-electron chi connectivity index (χ2n) is 5.57. The topological polar surface area (TPSA) is 90.9 Å². The van der Waals surface area contributed by atoms with Gasteiger partial charge in [0.1, 0.15) is 18.9 Å². The van der Waals surface area contributed by atoms with Crippen molar-refractivity contribution in [1.29, 1.82) is 0 Å². The lowest BCUT2D eigenvalue weighted by molar-refractivity contribution is -0.384. The van der Waals surface area contributed by atoms with Gasteiger partial charge in [-0.3, -0.25) is 10.1 Å². The molecular weight excluding hydrogens is 274 g/mol. The Kier molecular flexibility index (Phi) is 3.59. The van der Waals surface area contributed by atoms with Gasteiger partial charge in [0, 0.05) is 24.7 Å². The average molecular weight is 293 g/mol. The van der Waals surface area contributed by atoms with E-state index in [4.69, 9.17) is 15.2 Å². The zero-order chi connectivity index (χ0) is 15.0. The van der Waals surface area contributed by atoms with Crippen LogP contribution in [-0.4, -0.2) is 36.8 Å². The molecule has 3 rings (SSSR count). The summed E-state index contributed by atoms with van der Waals surface area (Å²) in [4.78, 5) is 13.1. The number of nitrogens with zero attached hydrogens (tertiary/aromatic N) is 2. The highest BCUT2D eigenvalue weighted by atomic mass is 16.6. The second-order valence-corrected chi connectivity index (χ2v) is 5.57. The van der Waals surface area contributed by atoms with E-state index in [0.717, 1.165) is 12.8 Å². The van der Waals surface area contributed by atoms with Crippen LogP contribution in [0.2, 0.25) is 0 Å². The fraction of sp³-hybridized carbons (Fsp3) is 0.571. The van der Waals surface area contributed by atoms with Gasteiger partial charge in [0.05, 0.1) is 11.0 Å². The molecule has 0 bridgehead atoms. The number of nitro benzene ring substituents is 1. The predicted octanol–water partition coefficient (Wildman–Crippen LogP) is 1.68. The third-order valence-electron chi connectivity index (χ3n) is 4.06. The zero-order valence-electron chi connectivity index (χ0n) is 11.9. The lowest BCUT2D eigenvalue weighted by Crippen LogP contribution is -2.45. The summed E-state index contributed by atoms with van der Waals surface area (Å²) in [6.07, 6.45) is 1.65. The Morgan fingerprint density at radius 2 is 2.00 bits per heavy atom. The van der Waals surface area contributed by atoms with Crippen LogP contribution in [0, 0.1) is 10.1 Å². The summed E-state index contributed by atoms with van der Waals surface area (Å²) >= 11 is 0. The Hall–Kier alpha value is -2.02. The van der Waals surface area contributed by atoms with Crippen LogP contribution < -0.4 is 20.1 Å². The lowest BCUT2D eigenvalue weighted by atomic mass is 9.98. The van der Waals surface area contributed by atoms with Crippen LogP contribution >= 0.6 is 0 Å². The molecule has 1 saturated heterocycles. The van der Waals surface area contributed by atoms with Crippen LogP contribution in [0.4, 0.5) is 11.4 Å². The Morgan fingerprint density at radius 1 is 1.33 bits per heavy atom. The Morgan fingerprint density at radius 3 is 2.62 bits per heavy atom. The van der Waals surface area contributed by atoms with Crippen LogP contribution in [0.25, 0.3) is 0 Å². The van der Waals surface area contributed by atoms with Gasteiger partial charge >= 0.3 is 0 Å². The summed E-state index contributed by atoms with van der Waals surface area (Å²) < 4.78 is 11.0. The monoisotopic (exact) mass is 293 g/mol. The minimum Gasteiger partial charge on any atom is -0.486 e. The van der Waals surface area contributed by atoms with Crippen LogP contribution in [0.15, 0.2) is 12.1 Å². The van der Waals surface area contributed by atoms with Gasteiger partial charge in [-0.05, 0) is 19.8 Å². The van der Waals surface area contributed by atoms with Crippen molar-refractivity contribution in [3.8, 4) is 11.5 Å². The third-order valence-corrected chi connectivity index (χ3v) is 4.06. The molecule has 0 radical (unpaired) electrons. The van der Waals surface area contributed by atoms with E-state index in [1.54, 1.807) is 6.07 Å². The van der Waals surface area contributed by atoms with E-state index in [1.165, 1.54) is 6.07 Å². The fourth-order valence-electron chi connectivity index (χ4n) is 3.01. The molecule has 1 fully saturated rings. The van der Waals surface area contributed by atoms with E-state index in [-0.39, 0.29) is 22.7 Å². The van der Waals surface area contributed by atoms with E-state index < -0.39 is 0 Å². The summed E-state index contributed by atoms with van der Waals surface area (Å²) in [6.45, 7) is 3.63. The highest BCUT2D eigenvalue weighted by molar-refractivity contribution is 5.70. The molecule has 0 aliphatic carbocycles. The molecule has 2 unspecified atom stereocenters. The maximum absolute atomic E-state index is 11.4. The van der Waals surface area contributed by atoms with E-state index in [0.29, 0.717) is 36.9 Å². The molecular formula is C14H19N3O4. The molecule has 0 saturated carbocycles. The number of fused-ring (bicyclic) bond motifs is 1. The molecule has 7 heteroatoms. The van der Waals surface area contributed by atoms with Crippen molar-refractivity contribution in [1.82, 2.24) is 0 Å². The molecule has 0 spiro atoms. The summed E-state index contributed by atoms with van der Waals surface area (Å²) in [7, 11) is 0. The highest BCUT2D eigenvalue weighted by Gasteiger charge is 2.31. The fourth-order valence-corrected chi connectivity index (χ4v) is 3.01. The highest BCUT2D eigenvalue weighted by Crippen LogP contribution is 2.42. The van der Waals surface area contributed by atoms with Crippen molar-refractivity contribution in [3.63, 3.8) is 0 Å². The molecule has 114 valence electrons. The summed E-state index contributed by atoms with van der Waals surface area (Å²) in [6, 6.07) is 3.51. The van der Waals surface area contributed by atoms with E-state index in [1.807, 2.05) is 11.8 Å². The Labute approximate surface area is 122 Å². The van der Waals surface area contributed by atoms with Crippen LogP contribution in [0.1, 0.15) is 19.8 Å². The van der Waals surface area contributed by atoms with E-state index in [2.05, 4.69) is 0 Å². The van der Waals surface area contributed by atoms with Gasteiger partial charge in [-0.25, -0.2) is 0 Å². The first-order chi connectivity index (χ1) is 10.1. The van der Waals surface area contributed by atoms with Gasteiger partial charge in [0.15, 0.2) is 11.5 Å². The first-order valence-electron chi connectivity index (χ1n) is 7.16. The van der Waals surface area contributed by atoms with E-state index in [9.17, 15) is 10.1 Å². The maximum Gasteiger partial charge on any atom is 0.296 e. The van der Waals surface area contributed by atoms with Gasteiger partial charge in [0.2, 0.25) is 0 Å². The zero-order valence-corrected chi connectivity index (χ0v) is 11.9. The standard InChI is InChI=1S/C14H19N3O4/c1-9-6-10(15)2-3-16(9)11-7-13-14(21-5-4-20-13)8-12(11)17(18)19/h7-10H,2-6,15H2,1H3. The number of benzene rings is 1. The number of rotatable bonds is 2. The number of nitrogens with two attached hydrogens (primary N) is 1. The molecule has 21 heavy (non-hydrogen) atoms. The smallest absolute Gasteiger partial charge is 0.296 e. The molecule has 2 atom stereocenters. The Bertz CT molecular complexity index is 563. The summed E-state index contributed by atoms with van der Waals surface area (Å²) in [5.74, 6) is 1.02. The van der Waals surface area contributed by atoms with Crippen molar-refractivity contribution in [2.75, 3.05) is 24.7 Å². The van der Waals surface area contributed by atoms with Crippen molar-refractivity contribution in [2.24, 2.45) is 5.73 Å². The average Bonchev–Trinajstić information content (AvgIpc) is 2.46. The second kappa shape index (κ2) is 5.40. The quantitative estimate of drug-likeness (QED) is 0.659. The first kappa shape index (κ1) is 13.9. The maximum atomic E-state index is 11.4. The molecule has 2 aliphatic rings. The molecule has 1 aromatic carbocycles. The molecule has 7 nitrogen and oxygen atoms in total. The van der Waals surface area contributed by atoms with E-state index >= 15 is 0 Å². The van der Waals surface area contributed by atoms with Crippen molar-refractivity contribution < 1.29 is 14.4 Å². The van der Waals surface area contributed by atoms with Gasteiger partial charge in [-0.1, -0.05) is 0 Å². The predicted molar refractivity (Wildman–Crippen MR) is 78.1 cm³/mol.